The number of para-hydroxylation sites is 3. The summed E-state index contributed by atoms with van der Waals surface area (Å²) in [6.45, 7) is 0. The van der Waals surface area contributed by atoms with E-state index >= 15 is 0 Å². The van der Waals surface area contributed by atoms with Crippen molar-refractivity contribution in [3.8, 4) is 0 Å². The van der Waals surface area contributed by atoms with Crippen LogP contribution in [-0.2, 0) is 0 Å². The van der Waals surface area contributed by atoms with Gasteiger partial charge in [0, 0.05) is 0 Å². The van der Waals surface area contributed by atoms with E-state index in [0.29, 0.717) is 0 Å². The molecule has 0 unspecified atom stereocenters. The molecule has 0 aromatic heterocycles. The lowest BCUT2D eigenvalue weighted by Crippen LogP contribution is -3.00. The molecule has 25 heavy (non-hydrogen) atoms. The Morgan fingerprint density at radius 2 is 0.960 bits per heavy atom. The molecule has 1 N–H and O–H groups in total. The van der Waals surface area contributed by atoms with Gasteiger partial charge in [-0.2, -0.15) is 5.10 Å². The zero-order valence-electron chi connectivity index (χ0n) is 13.3. The molecular weight excluding hydrogens is 355 g/mol. The Hall–Kier alpha value is -2.69. The monoisotopic (exact) mass is 371 g/mol. The third-order valence-corrected chi connectivity index (χ3v) is 3.70. The maximum absolute atomic E-state index is 3.33. The zero-order valence-corrected chi connectivity index (χ0v) is 14.8. The Morgan fingerprint density at radius 3 is 1.48 bits per heavy atom. The summed E-state index contributed by atoms with van der Waals surface area (Å²) in [4.78, 5) is 0. The molecule has 0 spiro atoms. The van der Waals surface area contributed by atoms with Crippen LogP contribution in [0.25, 0.3) is 0 Å². The fourth-order valence-corrected chi connectivity index (χ4v) is 2.63. The second-order valence-electron chi connectivity index (χ2n) is 5.21. The maximum Gasteiger partial charge on any atom is 0.288 e. The van der Waals surface area contributed by atoms with E-state index < -0.39 is 0 Å². The van der Waals surface area contributed by atoms with Gasteiger partial charge in [-0.3, -0.25) is 0 Å². The molecule has 6 heteroatoms. The number of hydrazine groups is 3. The summed E-state index contributed by atoms with van der Waals surface area (Å²) in [6, 6.07) is 30.8. The number of anilines is 3. The first-order valence-corrected chi connectivity index (χ1v) is 7.57. The first kappa shape index (κ1) is 18.6. The fraction of sp³-hybridized carbons (Fsp3) is 0. The van der Waals surface area contributed by atoms with Gasteiger partial charge in [0.2, 0.25) is 0 Å². The molecule has 0 amide bonds. The Kier molecular flexibility index (Phi) is 6.28. The second kappa shape index (κ2) is 8.42. The molecule has 0 aliphatic carbocycles. The molecule has 3 aromatic carbocycles. The van der Waals surface area contributed by atoms with Crippen LogP contribution in [-0.4, -0.2) is 6.34 Å². The van der Waals surface area contributed by atoms with Crippen LogP contribution < -0.4 is 45.2 Å². The van der Waals surface area contributed by atoms with Crippen molar-refractivity contribution in [2.75, 3.05) is 15.2 Å². The molecule has 0 radical (unpaired) electrons. The predicted octanol–water partition coefficient (Wildman–Crippen LogP) is -3.62. The standard InChI is InChI=1S/C19H16N4.2ClH/c1-4-10-17(11-5-1)21-16-20-22(18-12-6-2-7-13-18)23(21)19-14-8-3-9-15-19;;/h1-16H;2*1H/p-1. The number of rotatable bonds is 3. The molecule has 0 saturated carbocycles. The highest BCUT2D eigenvalue weighted by molar-refractivity contribution is 5.83. The SMILES string of the molecule is C1=[NH+]N(c2ccccc2)N(c2ccccc2)N1c1ccccc1.[Cl-].[Cl-]. The molecular formula is C19H17Cl2N4-. The predicted molar refractivity (Wildman–Crippen MR) is 93.8 cm³/mol. The highest BCUT2D eigenvalue weighted by Crippen LogP contribution is 2.25. The number of nitrogens with one attached hydrogen (secondary N) is 1. The van der Waals surface area contributed by atoms with Crippen molar-refractivity contribution >= 4 is 23.4 Å². The summed E-state index contributed by atoms with van der Waals surface area (Å²) in [6.07, 6.45) is 1.95. The van der Waals surface area contributed by atoms with Crippen LogP contribution in [0.15, 0.2) is 91.0 Å². The summed E-state index contributed by atoms with van der Waals surface area (Å²) in [5, 5.41) is 9.53. The minimum atomic E-state index is 0. The zero-order chi connectivity index (χ0) is 15.5. The number of halogens is 2. The smallest absolute Gasteiger partial charge is 0.288 e. The van der Waals surface area contributed by atoms with E-state index in [2.05, 4.69) is 51.6 Å². The number of benzene rings is 3. The first-order chi connectivity index (χ1) is 11.4. The normalized spacial score (nSPS) is 12.6. The van der Waals surface area contributed by atoms with E-state index in [1.807, 2.05) is 66.1 Å². The van der Waals surface area contributed by atoms with Gasteiger partial charge in [0.05, 0.1) is 0 Å². The third-order valence-electron chi connectivity index (χ3n) is 3.70. The van der Waals surface area contributed by atoms with E-state index in [-0.39, 0.29) is 24.8 Å². The molecule has 3 aromatic rings. The lowest BCUT2D eigenvalue weighted by molar-refractivity contribution is -0.460. The Labute approximate surface area is 159 Å². The third kappa shape index (κ3) is 3.71. The van der Waals surface area contributed by atoms with Gasteiger partial charge in [-0.05, 0) is 36.4 Å². The van der Waals surface area contributed by atoms with E-state index in [0.717, 1.165) is 17.1 Å². The lowest BCUT2D eigenvalue weighted by Gasteiger charge is -2.28. The van der Waals surface area contributed by atoms with E-state index in [1.165, 1.54) is 0 Å². The van der Waals surface area contributed by atoms with Crippen LogP contribution >= 0.6 is 0 Å². The van der Waals surface area contributed by atoms with Crippen LogP contribution in [0.3, 0.4) is 0 Å². The number of hydrogen-bond acceptors (Lipinski definition) is 3. The molecule has 4 rings (SSSR count). The Morgan fingerprint density at radius 1 is 0.520 bits per heavy atom. The van der Waals surface area contributed by atoms with Gasteiger partial charge in [-0.1, -0.05) is 64.8 Å². The van der Waals surface area contributed by atoms with Crippen molar-refractivity contribution < 1.29 is 29.9 Å². The molecule has 1 aliphatic rings. The number of nitrogens with zero attached hydrogens (tertiary/aromatic N) is 3. The molecule has 1 aliphatic heterocycles. The summed E-state index contributed by atoms with van der Waals surface area (Å²) in [5.41, 5.74) is 3.22. The maximum atomic E-state index is 3.33. The minimum absolute atomic E-state index is 0. The second-order valence-corrected chi connectivity index (χ2v) is 5.21. The van der Waals surface area contributed by atoms with Gasteiger partial charge in [0.1, 0.15) is 11.4 Å². The van der Waals surface area contributed by atoms with E-state index in [9.17, 15) is 0 Å². The van der Waals surface area contributed by atoms with E-state index in [1.54, 1.807) is 0 Å². The number of hydrazone groups is 1. The summed E-state index contributed by atoms with van der Waals surface area (Å²) >= 11 is 0. The molecule has 0 bridgehead atoms. The highest BCUT2D eigenvalue weighted by Gasteiger charge is 2.35. The molecule has 1 heterocycles. The van der Waals surface area contributed by atoms with Crippen molar-refractivity contribution in [1.82, 2.24) is 0 Å². The van der Waals surface area contributed by atoms with Crippen LogP contribution in [0, 0.1) is 0 Å². The van der Waals surface area contributed by atoms with Gasteiger partial charge >= 0.3 is 0 Å². The van der Waals surface area contributed by atoms with Gasteiger partial charge in [-0.25, -0.2) is 0 Å². The molecule has 0 fully saturated rings. The topological polar surface area (TPSA) is 23.7 Å². The van der Waals surface area contributed by atoms with Crippen molar-refractivity contribution in [3.05, 3.63) is 91.0 Å². The van der Waals surface area contributed by atoms with Crippen LogP contribution in [0.4, 0.5) is 17.1 Å². The largest absolute Gasteiger partial charge is 1.00 e. The average molecular weight is 372 g/mol. The quantitative estimate of drug-likeness (QED) is 0.514. The fourth-order valence-electron chi connectivity index (χ4n) is 2.63. The Balaban J connectivity index is 0.00000113. The van der Waals surface area contributed by atoms with Crippen molar-refractivity contribution in [2.45, 2.75) is 0 Å². The minimum Gasteiger partial charge on any atom is -1.00 e. The highest BCUT2D eigenvalue weighted by atomic mass is 35.5. The van der Waals surface area contributed by atoms with Gasteiger partial charge in [0.15, 0.2) is 5.69 Å². The van der Waals surface area contributed by atoms with Crippen molar-refractivity contribution in [1.29, 1.82) is 0 Å². The summed E-state index contributed by atoms with van der Waals surface area (Å²) in [5.74, 6) is 0. The van der Waals surface area contributed by atoms with Crippen molar-refractivity contribution in [3.63, 3.8) is 0 Å². The average Bonchev–Trinajstić information content (AvgIpc) is 3.09. The van der Waals surface area contributed by atoms with E-state index in [4.69, 9.17) is 0 Å². The molecule has 0 saturated heterocycles. The summed E-state index contributed by atoms with van der Waals surface area (Å²) in [7, 11) is 0. The van der Waals surface area contributed by atoms with Crippen LogP contribution in [0.5, 0.6) is 0 Å². The molecule has 4 nitrogen and oxygen atoms in total. The Bertz CT molecular complexity index is 748. The van der Waals surface area contributed by atoms with Crippen molar-refractivity contribution in [2.24, 2.45) is 0 Å². The molecule has 0 atom stereocenters. The number of hydrogen-bond donors (Lipinski definition) is 1. The van der Waals surface area contributed by atoms with Gasteiger partial charge < -0.3 is 24.8 Å². The first-order valence-electron chi connectivity index (χ1n) is 7.57. The lowest BCUT2D eigenvalue weighted by atomic mass is 10.3. The van der Waals surface area contributed by atoms with Gasteiger partial charge in [-0.15, -0.1) is 5.01 Å². The summed E-state index contributed by atoms with van der Waals surface area (Å²) < 4.78 is 0. The molecule has 128 valence electrons. The van der Waals surface area contributed by atoms with Crippen LogP contribution in [0.2, 0.25) is 0 Å². The van der Waals surface area contributed by atoms with Crippen LogP contribution in [0.1, 0.15) is 0 Å². The van der Waals surface area contributed by atoms with Gasteiger partial charge in [0.25, 0.3) is 6.34 Å².